The van der Waals surface area contributed by atoms with E-state index in [2.05, 4.69) is 53.6 Å². The van der Waals surface area contributed by atoms with Gasteiger partial charge >= 0.3 is 0 Å². The quantitative estimate of drug-likeness (QED) is 0.397. The maximum atomic E-state index is 14.2. The lowest BCUT2D eigenvalue weighted by atomic mass is 9.77. The average Bonchev–Trinajstić information content (AvgIpc) is 2.65. The Morgan fingerprint density at radius 3 is 2.36 bits per heavy atom. The van der Waals surface area contributed by atoms with Gasteiger partial charge in [-0.3, -0.25) is 0 Å². The number of thiocarbonyl (C=S) groups is 1. The Morgan fingerprint density at radius 1 is 1.12 bits per heavy atom. The van der Waals surface area contributed by atoms with Crippen LogP contribution >= 0.6 is 23.8 Å². The van der Waals surface area contributed by atoms with Crippen LogP contribution in [-0.4, -0.2) is 5.16 Å². The molecule has 0 amide bonds. The van der Waals surface area contributed by atoms with Gasteiger partial charge in [-0.2, -0.15) is 4.99 Å². The van der Waals surface area contributed by atoms with Gasteiger partial charge in [0.05, 0.1) is 10.2 Å². The minimum atomic E-state index is -0.484. The van der Waals surface area contributed by atoms with Crippen molar-refractivity contribution in [1.82, 2.24) is 0 Å². The molecule has 0 atom stereocenters. The van der Waals surface area contributed by atoms with E-state index in [4.69, 9.17) is 11.6 Å². The highest BCUT2D eigenvalue weighted by Crippen LogP contribution is 2.38. The van der Waals surface area contributed by atoms with E-state index < -0.39 is 5.82 Å². The number of benzene rings is 2. The molecule has 1 fully saturated rings. The molecule has 0 N–H and O–H groups in total. The van der Waals surface area contributed by atoms with E-state index >= 15 is 0 Å². The van der Waals surface area contributed by atoms with Gasteiger partial charge in [0.2, 0.25) is 0 Å². The van der Waals surface area contributed by atoms with Gasteiger partial charge in [-0.05, 0) is 78.6 Å². The highest BCUT2D eigenvalue weighted by atomic mass is 35.5. The maximum absolute atomic E-state index is 14.2. The largest absolute Gasteiger partial charge is 0.205 e. The number of aliphatic imine (C=N–C) groups is 1. The third-order valence-electron chi connectivity index (χ3n) is 5.31. The van der Waals surface area contributed by atoms with Crippen molar-refractivity contribution in [1.29, 1.82) is 0 Å². The van der Waals surface area contributed by atoms with Crippen LogP contribution in [0.2, 0.25) is 5.02 Å². The van der Waals surface area contributed by atoms with Crippen molar-refractivity contribution in [3.05, 3.63) is 52.8 Å². The Morgan fingerprint density at radius 2 is 1.80 bits per heavy atom. The summed E-state index contributed by atoms with van der Waals surface area (Å²) >= 11 is 10.7. The molecule has 0 heterocycles. The lowest BCUT2D eigenvalue weighted by Gasteiger charge is -2.28. The first-order valence-electron chi connectivity index (χ1n) is 8.79. The van der Waals surface area contributed by atoms with E-state index in [1.54, 1.807) is 6.07 Å². The molecule has 2 aromatic rings. The fourth-order valence-corrected chi connectivity index (χ4v) is 4.08. The first-order chi connectivity index (χ1) is 12.1. The Labute approximate surface area is 158 Å². The van der Waals surface area contributed by atoms with Crippen LogP contribution in [0.25, 0.3) is 11.1 Å². The van der Waals surface area contributed by atoms with Crippen LogP contribution < -0.4 is 0 Å². The van der Waals surface area contributed by atoms with E-state index in [1.165, 1.54) is 43.7 Å². The number of isothiocyanates is 1. The molecule has 0 aliphatic heterocycles. The summed E-state index contributed by atoms with van der Waals surface area (Å²) < 4.78 is 14.2. The highest BCUT2D eigenvalue weighted by Gasteiger charge is 2.21. The molecule has 1 saturated carbocycles. The minimum absolute atomic E-state index is 0.0460. The second kappa shape index (κ2) is 8.23. The summed E-state index contributed by atoms with van der Waals surface area (Å²) in [6, 6.07) is 11.6. The first kappa shape index (κ1) is 18.3. The van der Waals surface area contributed by atoms with Crippen LogP contribution in [0, 0.1) is 11.7 Å². The number of nitrogens with zero attached hydrogens (tertiary/aromatic N) is 1. The lowest BCUT2D eigenvalue weighted by Crippen LogP contribution is -2.12. The van der Waals surface area contributed by atoms with Crippen LogP contribution in [0.15, 0.2) is 41.4 Å². The second-order valence-electron chi connectivity index (χ2n) is 6.74. The van der Waals surface area contributed by atoms with Gasteiger partial charge in [0.25, 0.3) is 0 Å². The molecule has 1 aliphatic rings. The molecular formula is C21H21ClFNS. The summed E-state index contributed by atoms with van der Waals surface area (Å²) in [4.78, 5) is 3.69. The van der Waals surface area contributed by atoms with Crippen molar-refractivity contribution in [3.63, 3.8) is 0 Å². The molecule has 0 spiro atoms. The Bertz CT molecular complexity index is 765. The lowest BCUT2D eigenvalue weighted by molar-refractivity contribution is 0.319. The molecule has 1 aliphatic carbocycles. The van der Waals surface area contributed by atoms with E-state index in [0.29, 0.717) is 5.92 Å². The molecule has 4 heteroatoms. The third kappa shape index (κ3) is 4.17. The zero-order chi connectivity index (χ0) is 17.8. The van der Waals surface area contributed by atoms with Crippen LogP contribution in [0.4, 0.5) is 10.1 Å². The first-order valence-corrected chi connectivity index (χ1v) is 9.58. The summed E-state index contributed by atoms with van der Waals surface area (Å²) in [5.41, 5.74) is 3.12. The van der Waals surface area contributed by atoms with Crippen LogP contribution in [0.5, 0.6) is 0 Å². The highest BCUT2D eigenvalue weighted by molar-refractivity contribution is 7.78. The molecule has 0 unspecified atom stereocenters. The summed E-state index contributed by atoms with van der Waals surface area (Å²) in [6.07, 6.45) is 6.48. The normalized spacial score (nSPS) is 20.1. The minimum Gasteiger partial charge on any atom is -0.205 e. The van der Waals surface area contributed by atoms with Gasteiger partial charge in [0.15, 0.2) is 5.82 Å². The summed E-state index contributed by atoms with van der Waals surface area (Å²) in [5, 5.41) is 2.40. The van der Waals surface area contributed by atoms with Gasteiger partial charge in [0, 0.05) is 0 Å². The molecule has 0 aromatic heterocycles. The predicted octanol–water partition coefficient (Wildman–Crippen LogP) is 7.56. The van der Waals surface area contributed by atoms with Gasteiger partial charge in [-0.1, -0.05) is 49.2 Å². The summed E-state index contributed by atoms with van der Waals surface area (Å²) in [5.74, 6) is 1.06. The average molecular weight is 374 g/mol. The van der Waals surface area contributed by atoms with Gasteiger partial charge in [-0.15, -0.1) is 0 Å². The molecule has 1 nitrogen and oxygen atoms in total. The molecule has 0 saturated heterocycles. The van der Waals surface area contributed by atoms with E-state index in [9.17, 15) is 4.39 Å². The predicted molar refractivity (Wildman–Crippen MR) is 107 cm³/mol. The van der Waals surface area contributed by atoms with Crippen LogP contribution in [0.1, 0.15) is 50.5 Å². The Balaban J connectivity index is 1.80. The van der Waals surface area contributed by atoms with E-state index in [1.807, 2.05) is 0 Å². The van der Waals surface area contributed by atoms with Crippen molar-refractivity contribution >= 4 is 34.7 Å². The van der Waals surface area contributed by atoms with Gasteiger partial charge in [-0.25, -0.2) is 4.39 Å². The molecule has 2 aromatic carbocycles. The van der Waals surface area contributed by atoms with E-state index in [-0.39, 0.29) is 10.7 Å². The summed E-state index contributed by atoms with van der Waals surface area (Å²) in [7, 11) is 0. The van der Waals surface area contributed by atoms with Crippen molar-refractivity contribution in [2.75, 3.05) is 0 Å². The molecule has 0 bridgehead atoms. The van der Waals surface area contributed by atoms with Crippen LogP contribution in [-0.2, 0) is 0 Å². The Kier molecular flexibility index (Phi) is 6.01. The SMILES string of the molecule is CCC1CCC(c2ccc(-c3cc(F)c(N=C=S)c(Cl)c3)cc2)CC1. The van der Waals surface area contributed by atoms with Gasteiger partial charge < -0.3 is 0 Å². The topological polar surface area (TPSA) is 12.4 Å². The zero-order valence-corrected chi connectivity index (χ0v) is 15.8. The fourth-order valence-electron chi connectivity index (χ4n) is 3.74. The molecule has 130 valence electrons. The van der Waals surface area contributed by atoms with Crippen LogP contribution in [0.3, 0.4) is 0 Å². The molecule has 25 heavy (non-hydrogen) atoms. The zero-order valence-electron chi connectivity index (χ0n) is 14.3. The molecule has 3 rings (SSSR count). The van der Waals surface area contributed by atoms with Gasteiger partial charge in [0.1, 0.15) is 5.69 Å². The van der Waals surface area contributed by atoms with Crippen molar-refractivity contribution in [2.45, 2.75) is 44.9 Å². The third-order valence-corrected chi connectivity index (χ3v) is 5.69. The van der Waals surface area contributed by atoms with Crippen molar-refractivity contribution in [3.8, 4) is 11.1 Å². The van der Waals surface area contributed by atoms with E-state index in [0.717, 1.165) is 17.0 Å². The Hall–Kier alpha value is -1.54. The second-order valence-corrected chi connectivity index (χ2v) is 7.33. The molecular weight excluding hydrogens is 353 g/mol. The number of hydrogen-bond donors (Lipinski definition) is 0. The standard InChI is InChI=1S/C21H21ClFNS/c1-2-14-3-5-15(6-4-14)16-7-9-17(10-8-16)18-11-19(22)21(24-13-25)20(23)12-18/h7-12,14-15H,2-6H2,1H3. The number of rotatable bonds is 4. The fraction of sp³-hybridized carbons (Fsp3) is 0.381. The monoisotopic (exact) mass is 373 g/mol. The maximum Gasteiger partial charge on any atom is 0.151 e. The summed E-state index contributed by atoms with van der Waals surface area (Å²) in [6.45, 7) is 2.29. The van der Waals surface area contributed by atoms with Crippen molar-refractivity contribution < 1.29 is 4.39 Å². The number of halogens is 2. The smallest absolute Gasteiger partial charge is 0.151 e. The molecule has 0 radical (unpaired) electrons. The number of hydrogen-bond acceptors (Lipinski definition) is 2. The van der Waals surface area contributed by atoms with Crippen molar-refractivity contribution in [2.24, 2.45) is 10.9 Å².